The monoisotopic (exact) mass is 853 g/mol. The molecule has 4 heteroatoms. The standard InChI is InChI=1S/C61H63N3O/c1-12-59(10,13-2)48-22-19-23-49(60(11,14-3)15-4)54(48)42-30-31-50(39(6)34-42)63-51-24-18-21-44-46-36-43(58(7,8)9)37-47-52-35-41(40-28-26-38(5)27-29-40)32-33-62(52)61(55(46)47)64(56(44)51)57(63)45-20-16-17-25-53(45)65-61/h16-37H,12-15H2,1-11H3/q+2. The first-order valence-corrected chi connectivity index (χ1v) is 24.2. The van der Waals surface area contributed by atoms with Crippen LogP contribution >= 0.6 is 0 Å². The van der Waals surface area contributed by atoms with Gasteiger partial charge in [0.05, 0.1) is 5.56 Å². The molecular formula is C61H63N3O+2. The number of imidazole rings is 1. The molecule has 65 heavy (non-hydrogen) atoms. The molecule has 0 aliphatic carbocycles. The molecule has 1 atom stereocenters. The fourth-order valence-electron chi connectivity index (χ4n) is 11.6. The van der Waals surface area contributed by atoms with Crippen molar-refractivity contribution in [2.45, 2.75) is 124 Å². The van der Waals surface area contributed by atoms with E-state index < -0.39 is 5.85 Å². The Morgan fingerprint density at radius 3 is 1.88 bits per heavy atom. The third kappa shape index (κ3) is 5.68. The molecule has 0 saturated carbocycles. The van der Waals surface area contributed by atoms with Crippen LogP contribution in [-0.2, 0) is 22.1 Å². The zero-order valence-corrected chi connectivity index (χ0v) is 40.3. The highest BCUT2D eigenvalue weighted by Gasteiger charge is 2.68. The lowest BCUT2D eigenvalue weighted by molar-refractivity contribution is -0.997. The molecule has 2 aromatic heterocycles. The maximum Gasteiger partial charge on any atom is 0.499 e. The second-order valence-corrected chi connectivity index (χ2v) is 20.9. The fourth-order valence-corrected chi connectivity index (χ4v) is 11.6. The Bertz CT molecular complexity index is 3220. The lowest BCUT2D eigenvalue weighted by atomic mass is 9.68. The van der Waals surface area contributed by atoms with E-state index in [1.54, 1.807) is 0 Å². The SMILES string of the molecule is CCC(C)(CC)c1cccc(C(C)(CC)CC)c1-c1ccc(-n2c3[n+]4c5c(cccc52)-c2cc(C(C)(C)C)cc5c2C4(Oc2ccccc2-3)[n+]2ccc(-c3ccc(C)cc3)cc2-5)c(C)c1. The topological polar surface area (TPSA) is 21.9 Å². The van der Waals surface area contributed by atoms with E-state index in [1.807, 2.05) is 0 Å². The van der Waals surface area contributed by atoms with Gasteiger partial charge in [-0.1, -0.05) is 135 Å². The lowest BCUT2D eigenvalue weighted by Crippen LogP contribution is -2.78. The molecular weight excluding hydrogens is 791 g/mol. The Morgan fingerprint density at radius 1 is 0.585 bits per heavy atom. The van der Waals surface area contributed by atoms with E-state index in [9.17, 15) is 0 Å². The third-order valence-electron chi connectivity index (χ3n) is 16.4. The van der Waals surface area contributed by atoms with E-state index in [2.05, 4.69) is 223 Å². The first-order chi connectivity index (χ1) is 31.2. The fraction of sp³-hybridized carbons (Fsp3) is 0.311. The number of para-hydroxylation sites is 2. The summed E-state index contributed by atoms with van der Waals surface area (Å²) in [7, 11) is 0. The average Bonchev–Trinajstić information content (AvgIpc) is 3.81. The molecule has 0 saturated heterocycles. The van der Waals surface area contributed by atoms with Gasteiger partial charge in [-0.05, 0) is 149 Å². The van der Waals surface area contributed by atoms with Crippen molar-refractivity contribution >= 4 is 11.0 Å². The Morgan fingerprint density at radius 2 is 1.22 bits per heavy atom. The summed E-state index contributed by atoms with van der Waals surface area (Å²) in [6.45, 7) is 25.8. The lowest BCUT2D eigenvalue weighted by Gasteiger charge is -2.36. The summed E-state index contributed by atoms with van der Waals surface area (Å²) < 4.78 is 15.2. The number of ether oxygens (including phenoxy) is 1. The van der Waals surface area contributed by atoms with Gasteiger partial charge in [0.15, 0.2) is 17.2 Å². The average molecular weight is 854 g/mol. The summed E-state index contributed by atoms with van der Waals surface area (Å²) in [6, 6.07) is 48.6. The number of rotatable bonds is 9. The number of hydrogen-bond donors (Lipinski definition) is 0. The van der Waals surface area contributed by atoms with Gasteiger partial charge in [0.2, 0.25) is 5.69 Å². The van der Waals surface area contributed by atoms with Crippen LogP contribution in [0, 0.1) is 13.8 Å². The molecule has 1 spiro atoms. The smallest absolute Gasteiger partial charge is 0.392 e. The second-order valence-electron chi connectivity index (χ2n) is 20.9. The number of nitrogens with zero attached hydrogens (tertiary/aromatic N) is 3. The molecule has 0 fully saturated rings. The van der Waals surface area contributed by atoms with Gasteiger partial charge in [0.25, 0.3) is 0 Å². The zero-order chi connectivity index (χ0) is 45.4. The number of fused-ring (bicyclic) bond motifs is 5. The summed E-state index contributed by atoms with van der Waals surface area (Å²) in [6.07, 6.45) is 6.64. The molecule has 0 N–H and O–H groups in total. The highest BCUT2D eigenvalue weighted by atomic mass is 16.5. The van der Waals surface area contributed by atoms with Crippen LogP contribution in [0.3, 0.4) is 0 Å². The van der Waals surface area contributed by atoms with Crippen LogP contribution in [0.15, 0.2) is 134 Å². The van der Waals surface area contributed by atoms with E-state index >= 15 is 0 Å². The van der Waals surface area contributed by atoms with E-state index in [0.717, 1.165) is 48.5 Å². The second kappa shape index (κ2) is 14.4. The van der Waals surface area contributed by atoms with Crippen molar-refractivity contribution < 1.29 is 13.9 Å². The number of aromatic nitrogens is 3. The van der Waals surface area contributed by atoms with Gasteiger partial charge >= 0.3 is 11.7 Å². The van der Waals surface area contributed by atoms with Crippen LogP contribution in [0.25, 0.3) is 72.7 Å². The summed E-state index contributed by atoms with van der Waals surface area (Å²) >= 11 is 0. The molecule has 8 aromatic rings. The molecule has 6 aromatic carbocycles. The first kappa shape index (κ1) is 41.4. The highest BCUT2D eigenvalue weighted by Crippen LogP contribution is 2.55. The van der Waals surface area contributed by atoms with Gasteiger partial charge < -0.3 is 4.74 Å². The molecule has 0 radical (unpaired) electrons. The molecule has 0 bridgehead atoms. The van der Waals surface area contributed by atoms with Crippen molar-refractivity contribution in [3.8, 4) is 67.5 Å². The van der Waals surface area contributed by atoms with Crippen LogP contribution in [0.4, 0.5) is 0 Å². The predicted octanol–water partition coefficient (Wildman–Crippen LogP) is 14.8. The normalized spacial score (nSPS) is 15.7. The molecule has 11 rings (SSSR count). The van der Waals surface area contributed by atoms with Crippen molar-refractivity contribution in [1.29, 1.82) is 0 Å². The van der Waals surface area contributed by atoms with Crippen LogP contribution < -0.4 is 13.9 Å². The minimum Gasteiger partial charge on any atom is -0.392 e. The Balaban J connectivity index is 1.22. The van der Waals surface area contributed by atoms with Crippen LogP contribution in [0.2, 0.25) is 0 Å². The minimum atomic E-state index is -0.999. The Hall–Kier alpha value is -6.26. The van der Waals surface area contributed by atoms with Gasteiger partial charge in [-0.3, -0.25) is 0 Å². The van der Waals surface area contributed by atoms with Crippen LogP contribution in [0.1, 0.15) is 121 Å². The van der Waals surface area contributed by atoms with Crippen LogP contribution in [0.5, 0.6) is 5.75 Å². The van der Waals surface area contributed by atoms with Gasteiger partial charge in [-0.25, -0.2) is 0 Å². The number of aryl methyl sites for hydroxylation is 2. The molecule has 326 valence electrons. The van der Waals surface area contributed by atoms with Crippen molar-refractivity contribution in [2.75, 3.05) is 0 Å². The van der Waals surface area contributed by atoms with Gasteiger partial charge in [-0.15, -0.1) is 9.13 Å². The maximum absolute atomic E-state index is 7.69. The summed E-state index contributed by atoms with van der Waals surface area (Å²) in [4.78, 5) is 0. The first-order valence-electron chi connectivity index (χ1n) is 24.2. The van der Waals surface area contributed by atoms with Gasteiger partial charge in [-0.2, -0.15) is 4.57 Å². The number of hydrogen-bond acceptors (Lipinski definition) is 1. The Labute approximate surface area is 386 Å². The van der Waals surface area contributed by atoms with Crippen LogP contribution in [-0.4, -0.2) is 4.57 Å². The minimum absolute atomic E-state index is 0.0627. The van der Waals surface area contributed by atoms with E-state index in [-0.39, 0.29) is 16.2 Å². The van der Waals surface area contributed by atoms with Crippen molar-refractivity contribution in [2.24, 2.45) is 0 Å². The molecule has 3 aliphatic rings. The van der Waals surface area contributed by atoms with Crippen molar-refractivity contribution in [3.05, 3.63) is 167 Å². The van der Waals surface area contributed by atoms with Crippen molar-refractivity contribution in [3.63, 3.8) is 0 Å². The molecule has 4 nitrogen and oxygen atoms in total. The third-order valence-corrected chi connectivity index (χ3v) is 16.4. The van der Waals surface area contributed by atoms with Gasteiger partial charge in [0.1, 0.15) is 22.6 Å². The molecule has 3 aliphatic heterocycles. The zero-order valence-electron chi connectivity index (χ0n) is 40.3. The quantitative estimate of drug-likeness (QED) is 0.133. The van der Waals surface area contributed by atoms with Gasteiger partial charge in [0, 0.05) is 23.3 Å². The summed E-state index contributed by atoms with van der Waals surface area (Å²) in [5, 5.41) is 0. The molecule has 0 amide bonds. The largest absolute Gasteiger partial charge is 0.499 e. The maximum atomic E-state index is 7.69. The number of pyridine rings is 1. The van der Waals surface area contributed by atoms with E-state index in [1.165, 1.54) is 89.0 Å². The summed E-state index contributed by atoms with van der Waals surface area (Å²) in [5.41, 5.74) is 22.6. The van der Waals surface area contributed by atoms with E-state index in [0.29, 0.717) is 0 Å². The summed E-state index contributed by atoms with van der Waals surface area (Å²) in [5.74, 6) is 1.00. The number of benzene rings is 6. The highest BCUT2D eigenvalue weighted by molar-refractivity contribution is 5.98. The van der Waals surface area contributed by atoms with Crippen molar-refractivity contribution in [1.82, 2.24) is 4.57 Å². The van der Waals surface area contributed by atoms with E-state index in [4.69, 9.17) is 4.74 Å². The molecule has 1 unspecified atom stereocenters. The molecule has 5 heterocycles. The Kier molecular flexibility index (Phi) is 9.16. The predicted molar refractivity (Wildman–Crippen MR) is 268 cm³/mol.